The molecule has 1 heterocycles. The van der Waals surface area contributed by atoms with Gasteiger partial charge in [0.2, 0.25) is 0 Å². The summed E-state index contributed by atoms with van der Waals surface area (Å²) in [5.74, 6) is 0.354. The van der Waals surface area contributed by atoms with E-state index in [-0.39, 0.29) is 11.5 Å². The minimum atomic E-state index is -0.404. The van der Waals surface area contributed by atoms with E-state index in [4.69, 9.17) is 0 Å². The van der Waals surface area contributed by atoms with Crippen LogP contribution >= 0.6 is 11.8 Å². The number of carbonyl (C=O) groups excluding carboxylic acids is 1. The summed E-state index contributed by atoms with van der Waals surface area (Å²) in [6, 6.07) is 13.4. The zero-order valence-electron chi connectivity index (χ0n) is 11.9. The van der Waals surface area contributed by atoms with Crippen molar-refractivity contribution in [1.82, 2.24) is 9.97 Å². The molecule has 0 aliphatic carbocycles. The highest BCUT2D eigenvalue weighted by molar-refractivity contribution is 8.00. The zero-order chi connectivity index (χ0) is 15.5. The van der Waals surface area contributed by atoms with Gasteiger partial charge >= 0.3 is 0 Å². The molecule has 0 saturated carbocycles. The monoisotopic (exact) mass is 312 g/mol. The fourth-order valence-electron chi connectivity index (χ4n) is 2.15. The molecule has 0 aliphatic rings. The molecule has 0 amide bonds. The summed E-state index contributed by atoms with van der Waals surface area (Å²) in [6.07, 6.45) is 0. The lowest BCUT2D eigenvalue weighted by Crippen LogP contribution is -2.03. The average Bonchev–Trinajstić information content (AvgIpc) is 2.52. The smallest absolute Gasteiger partial charge is 0.173 e. The van der Waals surface area contributed by atoms with E-state index >= 15 is 0 Å². The molecule has 0 saturated heterocycles. The van der Waals surface area contributed by atoms with Gasteiger partial charge in [0.25, 0.3) is 0 Å². The van der Waals surface area contributed by atoms with Crippen LogP contribution in [0.4, 0.5) is 4.39 Å². The molecule has 0 radical (unpaired) electrons. The Hall–Kier alpha value is -2.27. The van der Waals surface area contributed by atoms with Crippen LogP contribution in [-0.4, -0.2) is 21.5 Å². The van der Waals surface area contributed by atoms with Crippen molar-refractivity contribution in [3.05, 3.63) is 65.7 Å². The first-order valence-electron chi connectivity index (χ1n) is 6.78. The maximum Gasteiger partial charge on any atom is 0.173 e. The molecule has 0 N–H and O–H groups in total. The Balaban J connectivity index is 1.83. The van der Waals surface area contributed by atoms with Crippen LogP contribution in [0.15, 0.2) is 53.6 Å². The number of hydrogen-bond donors (Lipinski definition) is 0. The van der Waals surface area contributed by atoms with Crippen molar-refractivity contribution < 1.29 is 9.18 Å². The van der Waals surface area contributed by atoms with E-state index in [0.717, 1.165) is 15.9 Å². The number of halogens is 1. The summed E-state index contributed by atoms with van der Waals surface area (Å²) < 4.78 is 13.2. The minimum Gasteiger partial charge on any atom is -0.293 e. The summed E-state index contributed by atoms with van der Waals surface area (Å²) in [6.45, 7) is 1.82. The maximum atomic E-state index is 13.2. The number of benzene rings is 2. The Morgan fingerprint density at radius 2 is 1.95 bits per heavy atom. The largest absolute Gasteiger partial charge is 0.293 e. The molecule has 0 bridgehead atoms. The van der Waals surface area contributed by atoms with Crippen molar-refractivity contribution >= 4 is 28.4 Å². The molecule has 1 aromatic heterocycles. The Kier molecular flexibility index (Phi) is 4.15. The van der Waals surface area contributed by atoms with E-state index in [1.165, 1.54) is 30.0 Å². The van der Waals surface area contributed by atoms with Crippen LogP contribution < -0.4 is 0 Å². The number of fused-ring (bicyclic) bond motifs is 1. The summed E-state index contributed by atoms with van der Waals surface area (Å²) in [7, 11) is 0. The van der Waals surface area contributed by atoms with Gasteiger partial charge in [-0.05, 0) is 25.1 Å². The summed E-state index contributed by atoms with van der Waals surface area (Å²) >= 11 is 1.35. The molecule has 0 fully saturated rings. The Labute approximate surface area is 131 Å². The van der Waals surface area contributed by atoms with Crippen LogP contribution in [0.2, 0.25) is 0 Å². The normalized spacial score (nSPS) is 10.8. The van der Waals surface area contributed by atoms with E-state index < -0.39 is 5.82 Å². The van der Waals surface area contributed by atoms with Gasteiger partial charge in [-0.3, -0.25) is 4.79 Å². The van der Waals surface area contributed by atoms with Gasteiger partial charge in [-0.25, -0.2) is 14.4 Å². The van der Waals surface area contributed by atoms with E-state index in [9.17, 15) is 9.18 Å². The fourth-order valence-corrected chi connectivity index (χ4v) is 3.11. The summed E-state index contributed by atoms with van der Waals surface area (Å²) in [5, 5.41) is 1.69. The van der Waals surface area contributed by atoms with Crippen molar-refractivity contribution in [2.45, 2.75) is 11.9 Å². The number of para-hydroxylation sites is 1. The van der Waals surface area contributed by atoms with Crippen molar-refractivity contribution in [1.29, 1.82) is 0 Å². The minimum absolute atomic E-state index is 0.121. The Morgan fingerprint density at radius 3 is 2.77 bits per heavy atom. The number of nitrogens with zero attached hydrogens (tertiary/aromatic N) is 2. The zero-order valence-corrected chi connectivity index (χ0v) is 12.7. The predicted molar refractivity (Wildman–Crippen MR) is 85.7 cm³/mol. The van der Waals surface area contributed by atoms with Crippen LogP contribution in [-0.2, 0) is 0 Å². The molecular formula is C17H13FN2OS. The van der Waals surface area contributed by atoms with Gasteiger partial charge in [0.15, 0.2) is 5.78 Å². The highest BCUT2D eigenvalue weighted by Crippen LogP contribution is 2.25. The lowest BCUT2D eigenvalue weighted by Gasteiger charge is -2.06. The fraction of sp³-hybridized carbons (Fsp3) is 0.118. The average molecular weight is 312 g/mol. The van der Waals surface area contributed by atoms with E-state index in [2.05, 4.69) is 9.97 Å². The van der Waals surface area contributed by atoms with Crippen LogP contribution in [0.3, 0.4) is 0 Å². The molecule has 110 valence electrons. The lowest BCUT2D eigenvalue weighted by atomic mass is 10.1. The maximum absolute atomic E-state index is 13.2. The molecule has 3 aromatic rings. The number of carbonyl (C=O) groups is 1. The standard InChI is InChI=1S/C17H13FN2OS/c1-11-19-15-8-3-2-7-14(15)17(20-11)22-10-16(21)12-5-4-6-13(18)9-12/h2-9H,10H2,1H3. The molecule has 22 heavy (non-hydrogen) atoms. The second-order valence-electron chi connectivity index (χ2n) is 4.82. The third kappa shape index (κ3) is 3.14. The number of Topliss-reactive ketones (excluding diaryl/α,β-unsaturated/α-hetero) is 1. The van der Waals surface area contributed by atoms with Gasteiger partial charge in [-0.15, -0.1) is 0 Å². The van der Waals surface area contributed by atoms with Crippen LogP contribution in [0, 0.1) is 12.7 Å². The number of aromatic nitrogens is 2. The topological polar surface area (TPSA) is 42.9 Å². The first kappa shape index (κ1) is 14.7. The van der Waals surface area contributed by atoms with E-state index in [1.807, 2.05) is 31.2 Å². The molecule has 3 rings (SSSR count). The third-order valence-electron chi connectivity index (χ3n) is 3.17. The van der Waals surface area contributed by atoms with Gasteiger partial charge in [0.1, 0.15) is 16.7 Å². The van der Waals surface area contributed by atoms with Crippen molar-refractivity contribution in [3.8, 4) is 0 Å². The van der Waals surface area contributed by atoms with E-state index in [0.29, 0.717) is 11.4 Å². The lowest BCUT2D eigenvalue weighted by molar-refractivity contribution is 0.102. The second-order valence-corrected chi connectivity index (χ2v) is 5.78. The SMILES string of the molecule is Cc1nc(SCC(=O)c2cccc(F)c2)c2ccccc2n1. The first-order valence-corrected chi connectivity index (χ1v) is 7.77. The van der Waals surface area contributed by atoms with Crippen LogP contribution in [0.25, 0.3) is 10.9 Å². The van der Waals surface area contributed by atoms with Crippen LogP contribution in [0.1, 0.15) is 16.2 Å². The molecule has 0 unspecified atom stereocenters. The Bertz CT molecular complexity index is 851. The summed E-state index contributed by atoms with van der Waals surface area (Å²) in [5.41, 5.74) is 1.23. The number of rotatable bonds is 4. The molecular weight excluding hydrogens is 299 g/mol. The van der Waals surface area contributed by atoms with Gasteiger partial charge in [0, 0.05) is 10.9 Å². The van der Waals surface area contributed by atoms with Crippen LogP contribution in [0.5, 0.6) is 0 Å². The molecule has 5 heteroatoms. The van der Waals surface area contributed by atoms with Gasteiger partial charge in [-0.2, -0.15) is 0 Å². The molecule has 0 spiro atoms. The van der Waals surface area contributed by atoms with Gasteiger partial charge in [-0.1, -0.05) is 42.1 Å². The first-order chi connectivity index (χ1) is 10.6. The molecule has 0 atom stereocenters. The number of hydrogen-bond acceptors (Lipinski definition) is 4. The molecule has 2 aromatic carbocycles. The van der Waals surface area contributed by atoms with Gasteiger partial charge in [0.05, 0.1) is 11.3 Å². The number of thioether (sulfide) groups is 1. The number of aryl methyl sites for hydroxylation is 1. The second kappa shape index (κ2) is 6.23. The highest BCUT2D eigenvalue weighted by Gasteiger charge is 2.11. The third-order valence-corrected chi connectivity index (χ3v) is 4.16. The van der Waals surface area contributed by atoms with Crippen molar-refractivity contribution in [2.75, 3.05) is 5.75 Å². The van der Waals surface area contributed by atoms with E-state index in [1.54, 1.807) is 6.07 Å². The predicted octanol–water partition coefficient (Wildman–Crippen LogP) is 4.05. The summed E-state index contributed by atoms with van der Waals surface area (Å²) in [4.78, 5) is 20.9. The quantitative estimate of drug-likeness (QED) is 0.414. The Morgan fingerprint density at radius 1 is 1.14 bits per heavy atom. The van der Waals surface area contributed by atoms with Gasteiger partial charge < -0.3 is 0 Å². The molecule has 3 nitrogen and oxygen atoms in total. The van der Waals surface area contributed by atoms with Crippen molar-refractivity contribution in [2.24, 2.45) is 0 Å². The number of ketones is 1. The highest BCUT2D eigenvalue weighted by atomic mass is 32.2. The molecule has 0 aliphatic heterocycles. The van der Waals surface area contributed by atoms with Crippen molar-refractivity contribution in [3.63, 3.8) is 0 Å².